The third kappa shape index (κ3) is 23.4. The highest BCUT2D eigenvalue weighted by molar-refractivity contribution is 5.92. The molecule has 14 N–H and O–H groups in total. The van der Waals surface area contributed by atoms with Gasteiger partial charge in [0.15, 0.2) is 0 Å². The summed E-state index contributed by atoms with van der Waals surface area (Å²) in [6.45, 7) is -1.25. The summed E-state index contributed by atoms with van der Waals surface area (Å²) in [5.41, 5.74) is 3.04. The minimum Gasteiger partial charge on any atom is -0.478 e. The number of carboxylic acid groups (broad SMARTS) is 2. The third-order valence-corrected chi connectivity index (χ3v) is 3.65. The van der Waals surface area contributed by atoms with Crippen molar-refractivity contribution in [2.75, 3.05) is 66.1 Å². The average molecular weight is 637 g/mol. The lowest BCUT2D eigenvalue weighted by Crippen LogP contribution is -1.94. The van der Waals surface area contributed by atoms with Crippen LogP contribution in [0.3, 0.4) is 0 Å². The highest BCUT2D eigenvalue weighted by atomic mass is 16.4. The molecule has 44 heavy (non-hydrogen) atoms. The van der Waals surface area contributed by atoms with Crippen molar-refractivity contribution in [3.05, 3.63) is 47.5 Å². The summed E-state index contributed by atoms with van der Waals surface area (Å²) in [6.07, 6.45) is 0. The van der Waals surface area contributed by atoms with Gasteiger partial charge in [-0.2, -0.15) is 0 Å². The lowest BCUT2D eigenvalue weighted by molar-refractivity contribution is 0.0686. The van der Waals surface area contributed by atoms with Gasteiger partial charge in [0, 0.05) is 0 Å². The van der Waals surface area contributed by atoms with Gasteiger partial charge < -0.3 is 61.3 Å². The molecule has 4 rings (SSSR count). The van der Waals surface area contributed by atoms with Crippen LogP contribution in [0.15, 0.2) is 36.4 Å². The van der Waals surface area contributed by atoms with E-state index in [1.807, 2.05) is 0 Å². The van der Waals surface area contributed by atoms with E-state index in [1.54, 1.807) is 12.1 Å². The molecule has 0 fully saturated rings. The molecule has 250 valence electrons. The second-order valence-corrected chi connectivity index (χ2v) is 6.93. The van der Waals surface area contributed by atoms with E-state index in [2.05, 4.69) is 30.8 Å². The number of aliphatic hydroxyl groups excluding tert-OH is 10. The molecule has 4 aromatic rings. The van der Waals surface area contributed by atoms with Gasteiger partial charge >= 0.3 is 11.9 Å². The summed E-state index contributed by atoms with van der Waals surface area (Å²) >= 11 is 0. The Balaban J connectivity index is -0.000000487. The number of aromatic carboxylic acids is 2. The minimum absolute atomic E-state index is 0.125. The number of carboxylic acids is 2. The molecule has 0 unspecified atom stereocenters. The van der Waals surface area contributed by atoms with Crippen molar-refractivity contribution in [1.29, 1.82) is 0 Å². The van der Waals surface area contributed by atoms with Crippen molar-refractivity contribution in [3.63, 3.8) is 0 Å². The van der Waals surface area contributed by atoms with Gasteiger partial charge in [0.2, 0.25) is 0 Å². The standard InChI is InChI=1S/2C7H5N3O2.5C2H6O2/c2*11-7(12)4-1-2-5-6(3-4)9-10-8-5;5*3-1-2-4/h2*1-3H,(H,11,12)(H,8,9,10);5*3-4H,1-2H2. The number of aromatic amines is 2. The highest BCUT2D eigenvalue weighted by Crippen LogP contribution is 2.10. The number of benzene rings is 2. The molecule has 2 aromatic heterocycles. The predicted octanol–water partition coefficient (Wildman–Crippen LogP) is -3.83. The second kappa shape index (κ2) is 31.7. The van der Waals surface area contributed by atoms with Gasteiger partial charge in [-0.1, -0.05) is 10.4 Å². The van der Waals surface area contributed by atoms with Crippen LogP contribution in [0.2, 0.25) is 0 Å². The number of aliphatic hydroxyl groups is 10. The van der Waals surface area contributed by atoms with E-state index in [-0.39, 0.29) is 77.2 Å². The lowest BCUT2D eigenvalue weighted by Gasteiger charge is -1.91. The van der Waals surface area contributed by atoms with Crippen LogP contribution >= 0.6 is 0 Å². The monoisotopic (exact) mass is 636 g/mol. The number of carbonyl (C=O) groups is 2. The van der Waals surface area contributed by atoms with Gasteiger partial charge in [0.05, 0.1) is 88.2 Å². The first-order chi connectivity index (χ1) is 21.1. The largest absolute Gasteiger partial charge is 0.478 e. The summed E-state index contributed by atoms with van der Waals surface area (Å²) in [5.74, 6) is -1.92. The molecule has 0 amide bonds. The molecular weight excluding hydrogens is 596 g/mol. The van der Waals surface area contributed by atoms with E-state index < -0.39 is 11.9 Å². The molecule has 20 nitrogen and oxygen atoms in total. The topological polar surface area (TPSA) is 360 Å². The van der Waals surface area contributed by atoms with Crippen LogP contribution < -0.4 is 0 Å². The number of nitrogens with zero attached hydrogens (tertiary/aromatic N) is 4. The van der Waals surface area contributed by atoms with Gasteiger partial charge in [-0.15, -0.1) is 10.2 Å². The highest BCUT2D eigenvalue weighted by Gasteiger charge is 2.05. The van der Waals surface area contributed by atoms with E-state index in [0.29, 0.717) is 11.0 Å². The van der Waals surface area contributed by atoms with Gasteiger partial charge in [-0.25, -0.2) is 9.59 Å². The Labute approximate surface area is 249 Å². The zero-order chi connectivity index (χ0) is 34.2. The number of rotatable bonds is 7. The SMILES string of the molecule is O=C(O)c1ccc2[nH]nnc2c1.O=C(O)c1ccc2[nH]nnc2c1.OCCO.OCCO.OCCO.OCCO.OCCO. The molecule has 0 aliphatic rings. The van der Waals surface area contributed by atoms with Crippen LogP contribution in [0.25, 0.3) is 22.1 Å². The first-order valence-electron chi connectivity index (χ1n) is 12.3. The van der Waals surface area contributed by atoms with Crippen molar-refractivity contribution in [2.45, 2.75) is 0 Å². The Morgan fingerprint density at radius 2 is 0.727 bits per heavy atom. The smallest absolute Gasteiger partial charge is 0.335 e. The molecule has 0 spiro atoms. The fraction of sp³-hybridized carbons (Fsp3) is 0.417. The lowest BCUT2D eigenvalue weighted by atomic mass is 10.2. The second-order valence-electron chi connectivity index (χ2n) is 6.93. The van der Waals surface area contributed by atoms with Gasteiger partial charge in [0.25, 0.3) is 0 Å². The van der Waals surface area contributed by atoms with E-state index in [0.717, 1.165) is 11.0 Å². The first-order valence-corrected chi connectivity index (χ1v) is 12.3. The normalized spacial score (nSPS) is 9.05. The number of H-pyrrole nitrogens is 2. The van der Waals surface area contributed by atoms with Crippen LogP contribution in [0, 0.1) is 0 Å². The Morgan fingerprint density at radius 3 is 0.932 bits per heavy atom. The predicted molar refractivity (Wildman–Crippen MR) is 153 cm³/mol. The van der Waals surface area contributed by atoms with Crippen molar-refractivity contribution in [3.8, 4) is 0 Å². The fourth-order valence-corrected chi connectivity index (χ4v) is 1.95. The zero-order valence-corrected chi connectivity index (χ0v) is 23.5. The van der Waals surface area contributed by atoms with Gasteiger partial charge in [-0.05, 0) is 36.4 Å². The number of hydrogen-bond donors (Lipinski definition) is 14. The molecule has 0 saturated heterocycles. The molecular formula is C24H40N6O14. The summed E-state index contributed by atoms with van der Waals surface area (Å²) in [4.78, 5) is 21.0. The molecule has 0 saturated carbocycles. The van der Waals surface area contributed by atoms with Crippen molar-refractivity contribution in [1.82, 2.24) is 30.8 Å². The molecule has 0 atom stereocenters. The number of aromatic nitrogens is 6. The molecule has 0 radical (unpaired) electrons. The molecule has 0 aliphatic heterocycles. The van der Waals surface area contributed by atoms with E-state index in [9.17, 15) is 9.59 Å². The summed E-state index contributed by atoms with van der Waals surface area (Å²) in [7, 11) is 0. The molecule has 20 heteroatoms. The van der Waals surface area contributed by atoms with E-state index >= 15 is 0 Å². The van der Waals surface area contributed by atoms with Crippen molar-refractivity contribution in [2.24, 2.45) is 0 Å². The molecule has 2 heterocycles. The first kappa shape index (κ1) is 44.2. The molecule has 0 bridgehead atoms. The van der Waals surface area contributed by atoms with Crippen LogP contribution in [0.4, 0.5) is 0 Å². The fourth-order valence-electron chi connectivity index (χ4n) is 1.95. The average Bonchev–Trinajstić information content (AvgIpc) is 3.74. The Bertz CT molecular complexity index is 1110. The number of hydrogen-bond acceptors (Lipinski definition) is 16. The van der Waals surface area contributed by atoms with Crippen LogP contribution in [-0.4, -0.2) is 170 Å². The Kier molecular flexibility index (Phi) is 31.9. The van der Waals surface area contributed by atoms with Crippen LogP contribution in [0.5, 0.6) is 0 Å². The van der Waals surface area contributed by atoms with Crippen molar-refractivity contribution < 1.29 is 70.9 Å². The number of fused-ring (bicyclic) bond motifs is 2. The van der Waals surface area contributed by atoms with Gasteiger partial charge in [0.1, 0.15) is 11.0 Å². The van der Waals surface area contributed by atoms with Gasteiger partial charge in [-0.3, -0.25) is 10.2 Å². The van der Waals surface area contributed by atoms with Crippen molar-refractivity contribution >= 4 is 34.0 Å². The van der Waals surface area contributed by atoms with E-state index in [4.69, 9.17) is 61.3 Å². The molecule has 0 aliphatic carbocycles. The zero-order valence-electron chi connectivity index (χ0n) is 23.5. The summed E-state index contributed by atoms with van der Waals surface area (Å²) < 4.78 is 0. The third-order valence-electron chi connectivity index (χ3n) is 3.65. The van der Waals surface area contributed by atoms with Crippen LogP contribution in [0.1, 0.15) is 20.7 Å². The quantitative estimate of drug-likeness (QED) is 0.0923. The van der Waals surface area contributed by atoms with E-state index in [1.165, 1.54) is 24.3 Å². The Hall–Kier alpha value is -4.22. The van der Waals surface area contributed by atoms with Crippen LogP contribution in [-0.2, 0) is 0 Å². The minimum atomic E-state index is -0.958. The molecule has 2 aromatic carbocycles. The number of nitrogens with one attached hydrogen (secondary N) is 2. The summed E-state index contributed by atoms with van der Waals surface area (Å²) in [5, 5.41) is 113. The maximum absolute atomic E-state index is 10.5. The maximum Gasteiger partial charge on any atom is 0.335 e. The Morgan fingerprint density at radius 1 is 0.477 bits per heavy atom. The maximum atomic E-state index is 10.5. The summed E-state index contributed by atoms with van der Waals surface area (Å²) in [6, 6.07) is 9.23.